The molecule has 0 aromatic rings. The van der Waals surface area contributed by atoms with Crippen LogP contribution >= 0.6 is 0 Å². The van der Waals surface area contributed by atoms with Gasteiger partial charge in [-0.25, -0.2) is 0 Å². The Morgan fingerprint density at radius 2 is 0.380 bits per heavy atom. The van der Waals surface area contributed by atoms with E-state index in [2.05, 4.69) is 5.92 Å². The molecule has 45 heteroatoms. The van der Waals surface area contributed by atoms with Crippen LogP contribution < -0.4 is 34.4 Å². The zero-order chi connectivity index (χ0) is 90.1. The summed E-state index contributed by atoms with van der Waals surface area (Å²) < 4.78 is 81.7. The number of terminal acetylenes is 1. The molecule has 0 unspecified atom stereocenters. The van der Waals surface area contributed by atoms with E-state index in [4.69, 9.17) is 112 Å². The molecule has 0 saturated carbocycles. The lowest BCUT2D eigenvalue weighted by Crippen LogP contribution is -2.54. The maximum atomic E-state index is 14.9. The van der Waals surface area contributed by atoms with Gasteiger partial charge in [0.25, 0.3) is 0 Å². The smallest absolute Gasteiger partial charge is 0.243 e. The molecule has 11 amide bonds. The molecule has 121 heavy (non-hydrogen) atoms. The number of likely N-dealkylation sites (N-methyl/N-ethyl adjacent to an activating group) is 1. The van der Waals surface area contributed by atoms with Gasteiger partial charge in [-0.1, -0.05) is 5.92 Å². The minimum Gasteiger partial charge on any atom is -0.382 e. The number of carbonyl (C=O) groups excluding carboxylic acids is 12. The average molecular weight is 1740 g/mol. The quantitative estimate of drug-likeness (QED) is 0.0243. The zero-order valence-electron chi connectivity index (χ0n) is 72.8. The van der Waals surface area contributed by atoms with Crippen LogP contribution in [0.1, 0.15) is 6.92 Å². The van der Waals surface area contributed by atoms with Crippen molar-refractivity contribution in [1.29, 1.82) is 0 Å². The third kappa shape index (κ3) is 56.8. The van der Waals surface area contributed by atoms with E-state index < -0.39 is 130 Å². The fraction of sp³-hybridized carbons (Fsp3) is 0.816. The van der Waals surface area contributed by atoms with E-state index in [0.717, 1.165) is 44.1 Å². The van der Waals surface area contributed by atoms with Crippen molar-refractivity contribution in [3.05, 3.63) is 0 Å². The first-order chi connectivity index (χ1) is 58.4. The Kier molecular flexibility index (Phi) is 71.5. The highest BCUT2D eigenvalue weighted by Crippen LogP contribution is 2.09. The van der Waals surface area contributed by atoms with Crippen LogP contribution in [0.15, 0.2) is 0 Å². The van der Waals surface area contributed by atoms with Gasteiger partial charge in [0.05, 0.1) is 250 Å². The first-order valence-electron chi connectivity index (χ1n) is 40.5. The molecule has 0 rings (SSSR count). The molecule has 0 radical (unpaired) electrons. The Balaban J connectivity index is 7.59. The van der Waals surface area contributed by atoms with E-state index in [0.29, 0.717) is 46.2 Å². The fourth-order valence-electron chi connectivity index (χ4n) is 10.8. The van der Waals surface area contributed by atoms with E-state index in [1.54, 1.807) is 19.1 Å². The minimum atomic E-state index is -0.817. The average Bonchev–Trinajstić information content (AvgIpc) is 0.858. The summed E-state index contributed by atoms with van der Waals surface area (Å²) in [5, 5.41) is 0. The second kappa shape index (κ2) is 76.2. The van der Waals surface area contributed by atoms with E-state index in [-0.39, 0.29) is 256 Å². The second-order valence-corrected chi connectivity index (χ2v) is 26.9. The first-order valence-corrected chi connectivity index (χ1v) is 40.5. The molecule has 12 N–H and O–H groups in total. The summed E-state index contributed by atoms with van der Waals surface area (Å²) in [5.74, 6) is -6.03. The van der Waals surface area contributed by atoms with Crippen LogP contribution in [0.2, 0.25) is 0 Å². The normalized spacial score (nSPS) is 11.1. The van der Waals surface area contributed by atoms with Crippen LogP contribution in [0, 0.1) is 12.3 Å². The van der Waals surface area contributed by atoms with E-state index in [1.165, 1.54) is 45.2 Å². The van der Waals surface area contributed by atoms with E-state index in [9.17, 15) is 57.5 Å². The van der Waals surface area contributed by atoms with Crippen molar-refractivity contribution in [3.8, 4) is 12.3 Å². The number of Topliss-reactive ketones (excluding diaryl/α,β-unsaturated/α-hetero) is 1. The molecule has 700 valence electrons. The Labute approximate surface area is 713 Å². The number of carbonyl (C=O) groups is 12. The number of ketones is 1. The summed E-state index contributed by atoms with van der Waals surface area (Å²) >= 11 is 0. The van der Waals surface area contributed by atoms with Gasteiger partial charge in [0, 0.05) is 147 Å². The molecule has 0 aliphatic carbocycles. The third-order valence-corrected chi connectivity index (χ3v) is 17.3. The number of nitrogens with zero attached hydrogens (tertiary/aromatic N) is 12. The number of nitrogens with two attached hydrogens (primary N) is 6. The lowest BCUT2D eigenvalue weighted by molar-refractivity contribution is -0.149. The number of amides is 11. The largest absolute Gasteiger partial charge is 0.382 e. The van der Waals surface area contributed by atoms with Gasteiger partial charge in [0.15, 0.2) is 0 Å². The van der Waals surface area contributed by atoms with Crippen LogP contribution in [-0.4, -0.2) is 534 Å². The van der Waals surface area contributed by atoms with Crippen LogP contribution in [-0.2, 0) is 129 Å². The maximum absolute atomic E-state index is 14.9. The summed E-state index contributed by atoms with van der Waals surface area (Å²) in [6, 6.07) is 0. The summed E-state index contributed by atoms with van der Waals surface area (Å²) in [4.78, 5) is 185. The highest BCUT2D eigenvalue weighted by molar-refractivity contribution is 5.95. The van der Waals surface area contributed by atoms with Gasteiger partial charge in [-0.15, -0.1) is 6.42 Å². The molecule has 0 aliphatic rings. The van der Waals surface area contributed by atoms with E-state index >= 15 is 0 Å². The zero-order valence-corrected chi connectivity index (χ0v) is 72.8. The Morgan fingerprint density at radius 1 is 0.223 bits per heavy atom. The van der Waals surface area contributed by atoms with Crippen molar-refractivity contribution in [1.82, 2.24) is 58.8 Å². The molecule has 0 saturated heterocycles. The van der Waals surface area contributed by atoms with Gasteiger partial charge >= 0.3 is 0 Å². The molecule has 0 aromatic carbocycles. The lowest BCUT2D eigenvalue weighted by Gasteiger charge is -2.33. The second-order valence-electron chi connectivity index (χ2n) is 26.9. The Morgan fingerprint density at radius 3 is 0.545 bits per heavy atom. The van der Waals surface area contributed by atoms with Crippen LogP contribution in [0.3, 0.4) is 0 Å². The van der Waals surface area contributed by atoms with Crippen molar-refractivity contribution in [2.75, 3.05) is 404 Å². The van der Waals surface area contributed by atoms with Gasteiger partial charge < -0.3 is 159 Å². The Bertz CT molecular complexity index is 2870. The van der Waals surface area contributed by atoms with Gasteiger partial charge in [-0.3, -0.25) is 62.4 Å². The highest BCUT2D eigenvalue weighted by atomic mass is 16.6. The number of hydrogen-bond donors (Lipinski definition) is 6. The predicted molar refractivity (Wildman–Crippen MR) is 441 cm³/mol. The van der Waals surface area contributed by atoms with Crippen LogP contribution in [0.4, 0.5) is 0 Å². The van der Waals surface area contributed by atoms with Crippen molar-refractivity contribution in [2.45, 2.75) is 6.92 Å². The van der Waals surface area contributed by atoms with Crippen molar-refractivity contribution in [3.63, 3.8) is 0 Å². The van der Waals surface area contributed by atoms with Crippen LogP contribution in [0.25, 0.3) is 0 Å². The number of methoxy groups -OCH3 is 5. The third-order valence-electron chi connectivity index (χ3n) is 17.3. The molecule has 0 aromatic heterocycles. The first kappa shape index (κ1) is 114. The summed E-state index contributed by atoms with van der Waals surface area (Å²) in [5.41, 5.74) is 36.0. The lowest BCUT2D eigenvalue weighted by atomic mass is 10.3. The molecule has 45 nitrogen and oxygen atoms in total. The fourth-order valence-corrected chi connectivity index (χ4v) is 10.8. The van der Waals surface area contributed by atoms with Crippen molar-refractivity contribution >= 4 is 70.8 Å². The SMILES string of the molecule is C#CCN(CC(C)=O)C(=O)CN(CCN)C(=O)CN(CCOCCOCCOC)C(=O)CN(CCN)C(=O)CN(CCOCCOCCOC)C(=O)CN(CCN)C(=O)CN(CCOCCOCCOC)C(=O)CN(CCN)C(=O)CN(CCOCCOCCOC)C(=O)CN(CCN)C(=O)CN(CCOCCOCCOC)C(=O)CN(C)CCN. The summed E-state index contributed by atoms with van der Waals surface area (Å²) in [6.45, 7) is -4.25. The molecule has 0 heterocycles. The van der Waals surface area contributed by atoms with Gasteiger partial charge in [0.2, 0.25) is 65.0 Å². The maximum Gasteiger partial charge on any atom is 0.243 e. The van der Waals surface area contributed by atoms with Crippen LogP contribution in [0.5, 0.6) is 0 Å². The topological polar surface area (TPSA) is 538 Å². The standard InChI is InChI=1S/C76H144N18O27/c1-9-16-84(53-65(2)95)67(97)55-85(18-11-78)69(99)61-91(24-29-113-44-49-118-39-34-108-5)74(104)57-87(20-13-80)71(101)63-93(26-31-115-46-51-120-41-36-110-7)76(106)59-89(22-15-82)72(102)64-94(27-32-116-47-52-121-42-37-111-8)75(105)58-88(21-14-81)70(100)62-92(25-30-114-45-50-119-40-35-109-6)73(103)56-86(19-12-79)68(98)60-90(66(96)54-83(3)17-10-77)23-28-112-43-48-117-38-33-107-4/h1H,10-64,77-82H2,2-8H3. The monoisotopic (exact) mass is 1740 g/mol. The number of rotatable bonds is 82. The van der Waals surface area contributed by atoms with Gasteiger partial charge in [0.1, 0.15) is 5.78 Å². The predicted octanol–water partition coefficient (Wildman–Crippen LogP) is -9.59. The molecule has 0 fully saturated rings. The molecule has 0 atom stereocenters. The number of hydrogen-bond acceptors (Lipinski definition) is 34. The minimum absolute atomic E-state index is 0.00914. The van der Waals surface area contributed by atoms with Crippen molar-refractivity contribution in [2.24, 2.45) is 34.4 Å². The van der Waals surface area contributed by atoms with Crippen molar-refractivity contribution < 1.29 is 129 Å². The molecular weight excluding hydrogens is 1600 g/mol. The molecular formula is C76H144N18O27. The Hall–Kier alpha value is -7.48. The summed E-state index contributed by atoms with van der Waals surface area (Å²) in [7, 11) is 9.30. The molecule has 0 aliphatic heterocycles. The van der Waals surface area contributed by atoms with E-state index in [1.807, 2.05) is 0 Å². The molecule has 0 spiro atoms. The highest BCUT2D eigenvalue weighted by Gasteiger charge is 2.33. The number of ether oxygens (including phenoxy) is 15. The van der Waals surface area contributed by atoms with Gasteiger partial charge in [-0.05, 0) is 14.0 Å². The molecule has 0 bridgehead atoms. The summed E-state index contributed by atoms with van der Waals surface area (Å²) in [6.07, 6.45) is 5.49. The van der Waals surface area contributed by atoms with Gasteiger partial charge in [-0.2, -0.15) is 0 Å².